The molecule has 0 aliphatic heterocycles. The Labute approximate surface area is 378 Å². The van der Waals surface area contributed by atoms with Crippen LogP contribution in [-0.2, 0) is 14.3 Å². The summed E-state index contributed by atoms with van der Waals surface area (Å²) in [5.74, 6) is -0.517. The first-order valence-corrected chi connectivity index (χ1v) is 26.0. The number of amides is 1. The molecule has 0 aromatic heterocycles. The molecule has 0 saturated carbocycles. The molecule has 0 radical (unpaired) electrons. The minimum atomic E-state index is -0.799. The predicted octanol–water partition coefficient (Wildman–Crippen LogP) is 15.6. The second-order valence-corrected chi connectivity index (χ2v) is 17.6. The molecule has 6 heteroatoms. The normalized spacial score (nSPS) is 13.7. The number of carbonyl (C=O) groups is 2. The van der Waals surface area contributed by atoms with E-state index in [1.807, 2.05) is 12.2 Å². The van der Waals surface area contributed by atoms with Gasteiger partial charge in [0.05, 0.1) is 25.2 Å². The Hall–Kier alpha value is -2.44. The van der Waals surface area contributed by atoms with Gasteiger partial charge in [0.2, 0.25) is 5.91 Å². The van der Waals surface area contributed by atoms with Crippen LogP contribution in [0.4, 0.5) is 0 Å². The molecule has 0 aromatic rings. The lowest BCUT2D eigenvalue weighted by atomic mass is 10.0. The number of carbonyl (C=O) groups excluding carboxylic acids is 2. The Bertz CT molecular complexity index is 1090. The Morgan fingerprint density at radius 1 is 0.508 bits per heavy atom. The fourth-order valence-corrected chi connectivity index (χ4v) is 7.76. The third-order valence-corrected chi connectivity index (χ3v) is 11.7. The van der Waals surface area contributed by atoms with Crippen LogP contribution in [-0.4, -0.2) is 46.9 Å². The van der Waals surface area contributed by atoms with Crippen molar-refractivity contribution in [2.75, 3.05) is 6.61 Å². The van der Waals surface area contributed by atoms with Gasteiger partial charge in [0, 0.05) is 6.42 Å². The van der Waals surface area contributed by atoms with Crippen molar-refractivity contribution in [2.24, 2.45) is 0 Å². The molecule has 0 aliphatic rings. The smallest absolute Gasteiger partial charge is 0.306 e. The fraction of sp³-hybridized carbons (Fsp3) is 0.782. The van der Waals surface area contributed by atoms with E-state index < -0.39 is 18.2 Å². The van der Waals surface area contributed by atoms with Crippen LogP contribution in [0.15, 0.2) is 60.8 Å². The van der Waals surface area contributed by atoms with Crippen molar-refractivity contribution in [1.29, 1.82) is 0 Å². The van der Waals surface area contributed by atoms with Gasteiger partial charge in [0.1, 0.15) is 6.10 Å². The van der Waals surface area contributed by atoms with E-state index in [1.54, 1.807) is 0 Å². The van der Waals surface area contributed by atoms with Crippen LogP contribution in [0.25, 0.3) is 0 Å². The first-order chi connectivity index (χ1) is 30.0. The SMILES string of the molecule is CC/C=C/C=C/C=C\CCCCCC(CC(=O)NC(CO)C(O)CCCCCCCCCCCCCCCCCCC)OC(=O)CCCCCCCCC/C=C/C/C=C/CC. The summed E-state index contributed by atoms with van der Waals surface area (Å²) in [4.78, 5) is 26.1. The Morgan fingerprint density at radius 2 is 0.967 bits per heavy atom. The summed E-state index contributed by atoms with van der Waals surface area (Å²) < 4.78 is 5.90. The Balaban J connectivity index is 4.51. The van der Waals surface area contributed by atoms with Gasteiger partial charge in [-0.15, -0.1) is 0 Å². The fourth-order valence-electron chi connectivity index (χ4n) is 7.76. The maximum atomic E-state index is 13.2. The van der Waals surface area contributed by atoms with E-state index >= 15 is 0 Å². The largest absolute Gasteiger partial charge is 0.462 e. The van der Waals surface area contributed by atoms with Crippen molar-refractivity contribution in [2.45, 2.75) is 270 Å². The van der Waals surface area contributed by atoms with Gasteiger partial charge < -0.3 is 20.3 Å². The predicted molar refractivity (Wildman–Crippen MR) is 264 cm³/mol. The van der Waals surface area contributed by atoms with Crippen LogP contribution >= 0.6 is 0 Å². The van der Waals surface area contributed by atoms with E-state index in [0.717, 1.165) is 89.9 Å². The number of nitrogens with one attached hydrogen (secondary N) is 1. The highest BCUT2D eigenvalue weighted by Gasteiger charge is 2.24. The molecule has 0 rings (SSSR count). The van der Waals surface area contributed by atoms with E-state index in [9.17, 15) is 19.8 Å². The number of aliphatic hydroxyl groups is 2. The number of unbranched alkanes of at least 4 members (excludes halogenated alkanes) is 26. The molecule has 0 aliphatic carbocycles. The molecule has 0 heterocycles. The summed E-state index contributed by atoms with van der Waals surface area (Å²) in [6.45, 7) is 6.24. The van der Waals surface area contributed by atoms with Gasteiger partial charge in [-0.1, -0.05) is 229 Å². The average molecular weight is 854 g/mol. The van der Waals surface area contributed by atoms with Crippen molar-refractivity contribution >= 4 is 11.9 Å². The zero-order valence-electron chi connectivity index (χ0n) is 40.3. The zero-order valence-corrected chi connectivity index (χ0v) is 40.3. The highest BCUT2D eigenvalue weighted by atomic mass is 16.5. The molecule has 0 bridgehead atoms. The van der Waals surface area contributed by atoms with Gasteiger partial charge >= 0.3 is 5.97 Å². The highest BCUT2D eigenvalue weighted by molar-refractivity contribution is 5.77. The molecule has 354 valence electrons. The van der Waals surface area contributed by atoms with E-state index in [-0.39, 0.29) is 24.9 Å². The van der Waals surface area contributed by atoms with E-state index in [1.165, 1.54) is 116 Å². The molecule has 0 saturated heterocycles. The second kappa shape index (κ2) is 48.6. The molecule has 0 fully saturated rings. The standard InChI is InChI=1S/C55H99NO5/c1-4-7-10-13-16-19-22-24-26-27-28-29-32-35-38-41-44-47-53(58)52(50-57)56-54(59)49-51(46-43-40-37-34-31-21-18-15-12-9-6-3)61-55(60)48-45-42-39-36-33-30-25-23-20-17-14-11-8-5-2/h8-9,11-12,15,17-18,20-21,31,51-53,57-58H,4-7,10,13-14,16,19,22-30,32-50H2,1-3H3,(H,56,59)/b11-8+,12-9+,18-15+,20-17+,31-21-. The maximum absolute atomic E-state index is 13.2. The van der Waals surface area contributed by atoms with Gasteiger partial charge in [-0.3, -0.25) is 9.59 Å². The number of allylic oxidation sites excluding steroid dienone is 10. The number of hydrogen-bond donors (Lipinski definition) is 3. The topological polar surface area (TPSA) is 95.9 Å². The summed E-state index contributed by atoms with van der Waals surface area (Å²) in [6, 6.07) is -0.715. The zero-order chi connectivity index (χ0) is 44.5. The average Bonchev–Trinajstić information content (AvgIpc) is 3.25. The summed E-state index contributed by atoms with van der Waals surface area (Å²) >= 11 is 0. The summed E-state index contributed by atoms with van der Waals surface area (Å²) in [7, 11) is 0. The maximum Gasteiger partial charge on any atom is 0.306 e. The van der Waals surface area contributed by atoms with Gasteiger partial charge in [0.25, 0.3) is 0 Å². The van der Waals surface area contributed by atoms with E-state index in [0.29, 0.717) is 19.3 Å². The van der Waals surface area contributed by atoms with E-state index in [4.69, 9.17) is 4.74 Å². The van der Waals surface area contributed by atoms with Crippen LogP contribution in [0.2, 0.25) is 0 Å². The lowest BCUT2D eigenvalue weighted by Gasteiger charge is -2.24. The van der Waals surface area contributed by atoms with Gasteiger partial charge in [-0.05, 0) is 70.6 Å². The molecule has 0 aromatic carbocycles. The van der Waals surface area contributed by atoms with Crippen LogP contribution in [0.1, 0.15) is 252 Å². The monoisotopic (exact) mass is 854 g/mol. The third kappa shape index (κ3) is 44.0. The molecular weight excluding hydrogens is 755 g/mol. The van der Waals surface area contributed by atoms with Crippen LogP contribution in [0, 0.1) is 0 Å². The summed E-state index contributed by atoms with van der Waals surface area (Å²) in [5.41, 5.74) is 0. The van der Waals surface area contributed by atoms with Gasteiger partial charge in [-0.2, -0.15) is 0 Å². The van der Waals surface area contributed by atoms with Crippen molar-refractivity contribution in [3.8, 4) is 0 Å². The van der Waals surface area contributed by atoms with Gasteiger partial charge in [0.15, 0.2) is 0 Å². The molecule has 3 atom stereocenters. The third-order valence-electron chi connectivity index (χ3n) is 11.7. The minimum absolute atomic E-state index is 0.0503. The molecule has 1 amide bonds. The highest BCUT2D eigenvalue weighted by Crippen LogP contribution is 2.18. The Morgan fingerprint density at radius 3 is 1.52 bits per heavy atom. The number of aliphatic hydroxyl groups excluding tert-OH is 2. The molecule has 0 spiro atoms. The van der Waals surface area contributed by atoms with Crippen molar-refractivity contribution in [3.63, 3.8) is 0 Å². The van der Waals surface area contributed by atoms with E-state index in [2.05, 4.69) is 74.7 Å². The summed E-state index contributed by atoms with van der Waals surface area (Å²) in [5, 5.41) is 23.8. The second-order valence-electron chi connectivity index (χ2n) is 17.6. The molecule has 6 nitrogen and oxygen atoms in total. The summed E-state index contributed by atoms with van der Waals surface area (Å²) in [6.07, 6.45) is 60.0. The molecule has 61 heavy (non-hydrogen) atoms. The van der Waals surface area contributed by atoms with Crippen molar-refractivity contribution in [3.05, 3.63) is 60.8 Å². The Kier molecular flexibility index (Phi) is 46.6. The number of hydrogen-bond acceptors (Lipinski definition) is 5. The van der Waals surface area contributed by atoms with Crippen LogP contribution in [0.3, 0.4) is 0 Å². The number of esters is 1. The molecule has 3 N–H and O–H groups in total. The minimum Gasteiger partial charge on any atom is -0.462 e. The van der Waals surface area contributed by atoms with Crippen molar-refractivity contribution < 1.29 is 24.5 Å². The molecular formula is C55H99NO5. The first-order valence-electron chi connectivity index (χ1n) is 26.0. The quantitative estimate of drug-likeness (QED) is 0.0245. The molecule has 3 unspecified atom stereocenters. The number of ether oxygens (including phenoxy) is 1. The van der Waals surface area contributed by atoms with Crippen molar-refractivity contribution in [1.82, 2.24) is 5.32 Å². The van der Waals surface area contributed by atoms with Crippen LogP contribution in [0.5, 0.6) is 0 Å². The first kappa shape index (κ1) is 58.6. The number of rotatable bonds is 46. The van der Waals surface area contributed by atoms with Crippen LogP contribution < -0.4 is 5.32 Å². The lowest BCUT2D eigenvalue weighted by Crippen LogP contribution is -2.46. The lowest BCUT2D eigenvalue weighted by molar-refractivity contribution is -0.151. The van der Waals surface area contributed by atoms with Gasteiger partial charge in [-0.25, -0.2) is 0 Å².